The molecular weight excluding hydrogens is 983 g/mol. The van der Waals surface area contributed by atoms with E-state index in [-0.39, 0.29) is 18.5 Å². The van der Waals surface area contributed by atoms with E-state index in [2.05, 4.69) is 43.5 Å². The number of esters is 1. The van der Waals surface area contributed by atoms with Crippen LogP contribution in [-0.2, 0) is 14.3 Å². The van der Waals surface area contributed by atoms with Crippen LogP contribution in [0.25, 0.3) is 0 Å². The number of allylic oxidation sites excluding steroid dienone is 5. The Morgan fingerprint density at radius 2 is 0.625 bits per heavy atom. The third-order valence-electron chi connectivity index (χ3n) is 16.9. The average Bonchev–Trinajstić information content (AvgIpc) is 3.46. The molecule has 0 aromatic carbocycles. The van der Waals surface area contributed by atoms with Gasteiger partial charge >= 0.3 is 5.97 Å². The van der Waals surface area contributed by atoms with Crippen molar-refractivity contribution in [2.75, 3.05) is 13.2 Å². The number of carbonyl (C=O) groups excluding carboxylic acids is 2. The molecule has 0 saturated carbocycles. The van der Waals surface area contributed by atoms with E-state index in [1.807, 2.05) is 6.08 Å². The maximum absolute atomic E-state index is 12.5. The minimum atomic E-state index is -0.844. The summed E-state index contributed by atoms with van der Waals surface area (Å²) < 4.78 is 5.51. The highest BCUT2D eigenvalue weighted by atomic mass is 16.5. The highest BCUT2D eigenvalue weighted by molar-refractivity contribution is 5.76. The molecule has 6 nitrogen and oxygen atoms in total. The zero-order chi connectivity index (χ0) is 57.8. The monoisotopic (exact) mass is 1120 g/mol. The molecule has 0 aliphatic rings. The Morgan fingerprint density at radius 3 is 0.950 bits per heavy atom. The van der Waals surface area contributed by atoms with Crippen molar-refractivity contribution in [1.29, 1.82) is 0 Å². The van der Waals surface area contributed by atoms with Crippen molar-refractivity contribution in [3.63, 3.8) is 0 Å². The summed E-state index contributed by atoms with van der Waals surface area (Å²) in [6.07, 6.45) is 89.5. The Hall–Kier alpha value is -1.92. The fourth-order valence-electron chi connectivity index (χ4n) is 11.4. The highest BCUT2D eigenvalue weighted by Gasteiger charge is 2.18. The van der Waals surface area contributed by atoms with Gasteiger partial charge in [-0.05, 0) is 64.2 Å². The third kappa shape index (κ3) is 65.2. The second-order valence-electron chi connectivity index (χ2n) is 24.9. The number of carbonyl (C=O) groups is 2. The fourth-order valence-corrected chi connectivity index (χ4v) is 11.4. The first-order valence-corrected chi connectivity index (χ1v) is 36.3. The van der Waals surface area contributed by atoms with Crippen LogP contribution in [0.1, 0.15) is 399 Å². The Bertz CT molecular complexity index is 1300. The van der Waals surface area contributed by atoms with Gasteiger partial charge < -0.3 is 20.3 Å². The number of ether oxygens (including phenoxy) is 1. The van der Waals surface area contributed by atoms with E-state index in [0.717, 1.165) is 44.9 Å². The van der Waals surface area contributed by atoms with Gasteiger partial charge in [-0.15, -0.1) is 0 Å². The number of aliphatic hydroxyl groups excluding tert-OH is 2. The van der Waals surface area contributed by atoms with Gasteiger partial charge in [0.05, 0.1) is 25.4 Å². The molecule has 0 spiro atoms. The SMILES string of the molecule is CCCCCCCCCCCCCC/C=C/C(O)C(CO)NC(=O)CCCCCCCCCCCCCCCCC/C=C\C/C=C\CCCCCCCCCCCOC(=O)CCCCCCCCCCCCCCCCCCCC. The van der Waals surface area contributed by atoms with Gasteiger partial charge in [0, 0.05) is 12.8 Å². The molecule has 3 N–H and O–H groups in total. The number of aliphatic hydroxyl groups is 2. The lowest BCUT2D eigenvalue weighted by Crippen LogP contribution is -2.45. The Balaban J connectivity index is 3.38. The second-order valence-corrected chi connectivity index (χ2v) is 24.9. The summed E-state index contributed by atoms with van der Waals surface area (Å²) in [7, 11) is 0. The van der Waals surface area contributed by atoms with Crippen LogP contribution in [0.5, 0.6) is 0 Å². The molecule has 0 bridgehead atoms. The first-order valence-electron chi connectivity index (χ1n) is 36.3. The lowest BCUT2D eigenvalue weighted by molar-refractivity contribution is -0.143. The van der Waals surface area contributed by atoms with Gasteiger partial charge in [-0.25, -0.2) is 0 Å². The molecule has 1 amide bonds. The number of nitrogens with one attached hydrogen (secondary N) is 1. The van der Waals surface area contributed by atoms with Crippen LogP contribution in [0, 0.1) is 0 Å². The van der Waals surface area contributed by atoms with E-state index < -0.39 is 12.1 Å². The lowest BCUT2D eigenvalue weighted by atomic mass is 10.0. The summed E-state index contributed by atoms with van der Waals surface area (Å²) in [5, 5.41) is 23.1. The van der Waals surface area contributed by atoms with E-state index in [9.17, 15) is 19.8 Å². The number of amides is 1. The molecule has 0 aromatic heterocycles. The van der Waals surface area contributed by atoms with Crippen LogP contribution in [0.4, 0.5) is 0 Å². The maximum atomic E-state index is 12.5. The van der Waals surface area contributed by atoms with E-state index in [1.165, 1.54) is 327 Å². The lowest BCUT2D eigenvalue weighted by Gasteiger charge is -2.20. The van der Waals surface area contributed by atoms with Crippen molar-refractivity contribution in [2.45, 2.75) is 411 Å². The van der Waals surface area contributed by atoms with E-state index >= 15 is 0 Å². The van der Waals surface area contributed by atoms with Crippen LogP contribution in [0.2, 0.25) is 0 Å². The van der Waals surface area contributed by atoms with Crippen molar-refractivity contribution in [1.82, 2.24) is 5.32 Å². The Morgan fingerprint density at radius 1 is 0.350 bits per heavy atom. The van der Waals surface area contributed by atoms with Crippen molar-refractivity contribution >= 4 is 11.9 Å². The minimum absolute atomic E-state index is 0.0178. The quantitative estimate of drug-likeness (QED) is 0.0320. The molecule has 0 rings (SSSR count). The molecule has 0 saturated heterocycles. The molecule has 2 atom stereocenters. The van der Waals surface area contributed by atoms with Gasteiger partial charge in [-0.3, -0.25) is 9.59 Å². The zero-order valence-corrected chi connectivity index (χ0v) is 54.1. The first kappa shape index (κ1) is 78.1. The topological polar surface area (TPSA) is 95.9 Å². The summed E-state index contributed by atoms with van der Waals surface area (Å²) in [5.74, 6) is -0.0479. The zero-order valence-electron chi connectivity index (χ0n) is 54.1. The molecule has 472 valence electrons. The normalized spacial score (nSPS) is 12.7. The average molecular weight is 1120 g/mol. The molecule has 80 heavy (non-hydrogen) atoms. The molecule has 0 aliphatic heterocycles. The van der Waals surface area contributed by atoms with Gasteiger partial charge in [0.25, 0.3) is 0 Å². The van der Waals surface area contributed by atoms with E-state index in [0.29, 0.717) is 19.4 Å². The van der Waals surface area contributed by atoms with Gasteiger partial charge in [-0.2, -0.15) is 0 Å². The van der Waals surface area contributed by atoms with Gasteiger partial charge in [-0.1, -0.05) is 359 Å². The number of rotatable bonds is 68. The number of unbranched alkanes of at least 4 members (excludes halogenated alkanes) is 53. The summed E-state index contributed by atoms with van der Waals surface area (Å²) in [5.41, 5.74) is 0. The minimum Gasteiger partial charge on any atom is -0.466 e. The molecular formula is C74H141NO5. The third-order valence-corrected chi connectivity index (χ3v) is 16.9. The summed E-state index contributed by atoms with van der Waals surface area (Å²) >= 11 is 0. The van der Waals surface area contributed by atoms with Crippen molar-refractivity contribution in [3.05, 3.63) is 36.5 Å². The van der Waals surface area contributed by atoms with E-state index in [4.69, 9.17) is 4.74 Å². The van der Waals surface area contributed by atoms with Crippen LogP contribution in [0.3, 0.4) is 0 Å². The summed E-state index contributed by atoms with van der Waals surface area (Å²) in [6, 6.07) is -0.627. The molecule has 0 fully saturated rings. The summed E-state index contributed by atoms with van der Waals surface area (Å²) in [6.45, 7) is 4.93. The second kappa shape index (κ2) is 69.6. The molecule has 6 heteroatoms. The first-order chi connectivity index (χ1) is 39.5. The Kier molecular flexibility index (Phi) is 67.9. The van der Waals surface area contributed by atoms with Crippen molar-refractivity contribution in [3.8, 4) is 0 Å². The molecule has 0 radical (unpaired) electrons. The van der Waals surface area contributed by atoms with Crippen LogP contribution in [0.15, 0.2) is 36.5 Å². The standard InChI is InChI=1S/C74H141NO5/c1-3-5-7-9-11-13-15-17-19-20-37-40-44-48-52-56-60-64-68-74(79)80-69-65-61-57-53-49-45-41-38-35-33-31-29-27-25-23-21-22-24-26-28-30-32-34-36-39-43-47-51-55-59-63-67-73(78)75-71(70-76)72(77)66-62-58-54-50-46-42-18-16-14-12-10-8-6-4-2/h23,25,29,31,62,66,71-72,76-77H,3-22,24,26-28,30,32-61,63-65,67-70H2,1-2H3,(H,75,78)/b25-23-,31-29-,66-62+. The number of hydrogen-bond acceptors (Lipinski definition) is 5. The highest BCUT2D eigenvalue weighted by Crippen LogP contribution is 2.19. The number of hydrogen-bond donors (Lipinski definition) is 3. The largest absolute Gasteiger partial charge is 0.466 e. The van der Waals surface area contributed by atoms with Gasteiger partial charge in [0.2, 0.25) is 5.91 Å². The fraction of sp³-hybridized carbons (Fsp3) is 0.892. The molecule has 0 aromatic rings. The van der Waals surface area contributed by atoms with Crippen molar-refractivity contribution in [2.24, 2.45) is 0 Å². The van der Waals surface area contributed by atoms with Gasteiger partial charge in [0.1, 0.15) is 0 Å². The predicted molar refractivity (Wildman–Crippen MR) is 352 cm³/mol. The maximum Gasteiger partial charge on any atom is 0.305 e. The van der Waals surface area contributed by atoms with E-state index in [1.54, 1.807) is 6.08 Å². The van der Waals surface area contributed by atoms with Crippen LogP contribution < -0.4 is 5.32 Å². The molecule has 2 unspecified atom stereocenters. The van der Waals surface area contributed by atoms with Crippen molar-refractivity contribution < 1.29 is 24.5 Å². The van der Waals surface area contributed by atoms with Crippen LogP contribution >= 0.6 is 0 Å². The van der Waals surface area contributed by atoms with Gasteiger partial charge in [0.15, 0.2) is 0 Å². The summed E-state index contributed by atoms with van der Waals surface area (Å²) in [4.78, 5) is 24.6. The Labute approximate surface area is 500 Å². The van der Waals surface area contributed by atoms with Crippen LogP contribution in [-0.4, -0.2) is 47.4 Å². The molecule has 0 heterocycles. The molecule has 0 aliphatic carbocycles. The smallest absolute Gasteiger partial charge is 0.305 e. The predicted octanol–water partition coefficient (Wildman–Crippen LogP) is 23.5.